The molecule has 1 aromatic carbocycles. The van der Waals surface area contributed by atoms with Crippen LogP contribution in [0.3, 0.4) is 0 Å². The first-order chi connectivity index (χ1) is 12.5. The molecule has 2 rings (SSSR count). The standard InChI is InChI=1S/C18H27N5O3.ClH/c1-13(2)26-16-7-5-15(6-8-16)23-14(3)17(21-22-23)18(24)20-10-9-19-11-12-25-4;/h5-8,13,19H,9-12H2,1-4H3,(H,20,24);1H. The van der Waals surface area contributed by atoms with Crippen molar-refractivity contribution < 1.29 is 14.3 Å². The van der Waals surface area contributed by atoms with Gasteiger partial charge in [0.15, 0.2) is 5.69 Å². The molecule has 0 spiro atoms. The monoisotopic (exact) mass is 397 g/mol. The van der Waals surface area contributed by atoms with Gasteiger partial charge in [0, 0.05) is 26.7 Å². The summed E-state index contributed by atoms with van der Waals surface area (Å²) in [5, 5.41) is 14.1. The molecular weight excluding hydrogens is 370 g/mol. The summed E-state index contributed by atoms with van der Waals surface area (Å²) in [6, 6.07) is 7.53. The number of ether oxygens (including phenoxy) is 2. The third kappa shape index (κ3) is 6.82. The number of methoxy groups -OCH3 is 1. The van der Waals surface area contributed by atoms with E-state index in [1.807, 2.05) is 45.0 Å². The summed E-state index contributed by atoms with van der Waals surface area (Å²) in [5.41, 5.74) is 1.84. The highest BCUT2D eigenvalue weighted by atomic mass is 35.5. The molecule has 1 heterocycles. The Labute approximate surface area is 166 Å². The van der Waals surface area contributed by atoms with Gasteiger partial charge in [-0.3, -0.25) is 4.79 Å². The molecule has 0 bridgehead atoms. The van der Waals surface area contributed by atoms with Crippen LogP contribution in [0.5, 0.6) is 5.75 Å². The van der Waals surface area contributed by atoms with Gasteiger partial charge in [-0.05, 0) is 45.0 Å². The lowest BCUT2D eigenvalue weighted by Crippen LogP contribution is -2.33. The molecule has 1 amide bonds. The average Bonchev–Trinajstić information content (AvgIpc) is 2.99. The fraction of sp³-hybridized carbons (Fsp3) is 0.500. The third-order valence-corrected chi connectivity index (χ3v) is 3.63. The van der Waals surface area contributed by atoms with Crippen LogP contribution in [-0.4, -0.2) is 60.4 Å². The van der Waals surface area contributed by atoms with Crippen LogP contribution in [0.15, 0.2) is 24.3 Å². The van der Waals surface area contributed by atoms with Crippen LogP contribution in [-0.2, 0) is 4.74 Å². The number of carbonyl (C=O) groups is 1. The Hall–Kier alpha value is -2.16. The zero-order chi connectivity index (χ0) is 18.9. The summed E-state index contributed by atoms with van der Waals surface area (Å²) >= 11 is 0. The maximum atomic E-state index is 12.3. The van der Waals surface area contributed by atoms with E-state index < -0.39 is 0 Å². The summed E-state index contributed by atoms with van der Waals surface area (Å²) in [5.74, 6) is 0.558. The van der Waals surface area contributed by atoms with Crippen molar-refractivity contribution in [3.63, 3.8) is 0 Å². The Morgan fingerprint density at radius 3 is 2.52 bits per heavy atom. The number of aromatic nitrogens is 3. The number of carbonyl (C=O) groups excluding carboxylic acids is 1. The SMILES string of the molecule is COCCNCCNC(=O)c1nnn(-c2ccc(OC(C)C)cc2)c1C.Cl. The highest BCUT2D eigenvalue weighted by Gasteiger charge is 2.17. The van der Waals surface area contributed by atoms with Gasteiger partial charge in [0.25, 0.3) is 5.91 Å². The summed E-state index contributed by atoms with van der Waals surface area (Å²) in [7, 11) is 1.65. The maximum absolute atomic E-state index is 12.3. The van der Waals surface area contributed by atoms with Crippen molar-refractivity contribution in [1.29, 1.82) is 0 Å². The van der Waals surface area contributed by atoms with E-state index in [1.54, 1.807) is 11.8 Å². The van der Waals surface area contributed by atoms with Crippen LogP contribution in [0.4, 0.5) is 0 Å². The Kier molecular flexibility index (Phi) is 9.77. The molecule has 27 heavy (non-hydrogen) atoms. The lowest BCUT2D eigenvalue weighted by Gasteiger charge is -2.10. The predicted molar refractivity (Wildman–Crippen MR) is 106 cm³/mol. The Morgan fingerprint density at radius 2 is 1.89 bits per heavy atom. The number of rotatable bonds is 10. The molecule has 0 fully saturated rings. The summed E-state index contributed by atoms with van der Waals surface area (Å²) in [6.45, 7) is 8.35. The van der Waals surface area contributed by atoms with Crippen LogP contribution in [0.2, 0.25) is 0 Å². The number of nitrogens with one attached hydrogen (secondary N) is 2. The number of halogens is 1. The van der Waals surface area contributed by atoms with Gasteiger partial charge in [-0.25, -0.2) is 4.68 Å². The van der Waals surface area contributed by atoms with Crippen LogP contribution in [0.1, 0.15) is 30.0 Å². The molecule has 2 N–H and O–H groups in total. The molecule has 0 saturated carbocycles. The van der Waals surface area contributed by atoms with Crippen LogP contribution in [0, 0.1) is 6.92 Å². The molecular formula is C18H28ClN5O3. The van der Waals surface area contributed by atoms with Gasteiger partial charge in [-0.15, -0.1) is 17.5 Å². The smallest absolute Gasteiger partial charge is 0.273 e. The number of hydrogen-bond donors (Lipinski definition) is 2. The first-order valence-electron chi connectivity index (χ1n) is 8.70. The normalized spacial score (nSPS) is 10.6. The Morgan fingerprint density at radius 1 is 1.19 bits per heavy atom. The molecule has 0 aliphatic rings. The molecule has 0 aliphatic carbocycles. The number of amides is 1. The first-order valence-corrected chi connectivity index (χ1v) is 8.70. The second kappa shape index (κ2) is 11.5. The molecule has 150 valence electrons. The Bertz CT molecular complexity index is 704. The lowest BCUT2D eigenvalue weighted by molar-refractivity contribution is 0.0948. The molecule has 2 aromatic rings. The zero-order valence-corrected chi connectivity index (χ0v) is 17.0. The second-order valence-corrected chi connectivity index (χ2v) is 6.09. The van der Waals surface area contributed by atoms with E-state index in [4.69, 9.17) is 9.47 Å². The number of benzene rings is 1. The first kappa shape index (κ1) is 22.9. The fourth-order valence-corrected chi connectivity index (χ4v) is 2.37. The molecule has 0 unspecified atom stereocenters. The largest absolute Gasteiger partial charge is 0.491 e. The highest BCUT2D eigenvalue weighted by molar-refractivity contribution is 5.93. The van der Waals surface area contributed by atoms with Gasteiger partial charge in [0.05, 0.1) is 24.1 Å². The Balaban J connectivity index is 0.00000364. The van der Waals surface area contributed by atoms with Crippen LogP contribution >= 0.6 is 12.4 Å². The zero-order valence-electron chi connectivity index (χ0n) is 16.2. The van der Waals surface area contributed by atoms with Gasteiger partial charge in [0.1, 0.15) is 5.75 Å². The van der Waals surface area contributed by atoms with Gasteiger partial charge in [-0.2, -0.15) is 0 Å². The second-order valence-electron chi connectivity index (χ2n) is 6.09. The van der Waals surface area contributed by atoms with Crippen molar-refractivity contribution in [2.75, 3.05) is 33.4 Å². The predicted octanol–water partition coefficient (Wildman–Crippen LogP) is 1.75. The number of hydrogen-bond acceptors (Lipinski definition) is 6. The van der Waals surface area contributed by atoms with E-state index in [1.165, 1.54) is 0 Å². The van der Waals surface area contributed by atoms with Gasteiger partial charge >= 0.3 is 0 Å². The molecule has 1 aromatic heterocycles. The minimum Gasteiger partial charge on any atom is -0.491 e. The molecule has 0 aliphatic heterocycles. The van der Waals surface area contributed by atoms with Crippen LogP contribution in [0.25, 0.3) is 5.69 Å². The number of nitrogens with zero attached hydrogens (tertiary/aromatic N) is 3. The molecule has 0 atom stereocenters. The van der Waals surface area contributed by atoms with Crippen molar-refractivity contribution in [1.82, 2.24) is 25.6 Å². The minimum absolute atomic E-state index is 0. The van der Waals surface area contributed by atoms with Crippen molar-refractivity contribution in [3.05, 3.63) is 35.7 Å². The molecule has 0 saturated heterocycles. The van der Waals surface area contributed by atoms with E-state index in [-0.39, 0.29) is 24.4 Å². The fourth-order valence-electron chi connectivity index (χ4n) is 2.37. The van der Waals surface area contributed by atoms with Gasteiger partial charge in [-0.1, -0.05) is 5.21 Å². The van der Waals surface area contributed by atoms with Crippen molar-refractivity contribution in [2.45, 2.75) is 26.9 Å². The van der Waals surface area contributed by atoms with E-state index in [0.717, 1.165) is 18.0 Å². The van der Waals surface area contributed by atoms with Crippen LogP contribution < -0.4 is 15.4 Å². The topological polar surface area (TPSA) is 90.3 Å². The molecule has 9 heteroatoms. The maximum Gasteiger partial charge on any atom is 0.273 e. The van der Waals surface area contributed by atoms with E-state index in [2.05, 4.69) is 20.9 Å². The van der Waals surface area contributed by atoms with Crippen molar-refractivity contribution >= 4 is 18.3 Å². The van der Waals surface area contributed by atoms with Gasteiger partial charge < -0.3 is 20.1 Å². The summed E-state index contributed by atoms with van der Waals surface area (Å²) in [6.07, 6.45) is 0.119. The van der Waals surface area contributed by atoms with E-state index >= 15 is 0 Å². The van der Waals surface area contributed by atoms with Crippen molar-refractivity contribution in [3.8, 4) is 11.4 Å². The van der Waals surface area contributed by atoms with Gasteiger partial charge in [0.2, 0.25) is 0 Å². The van der Waals surface area contributed by atoms with E-state index in [9.17, 15) is 4.79 Å². The molecule has 0 radical (unpaired) electrons. The molecule has 8 nitrogen and oxygen atoms in total. The average molecular weight is 398 g/mol. The minimum atomic E-state index is -0.234. The third-order valence-electron chi connectivity index (χ3n) is 3.63. The quantitative estimate of drug-likeness (QED) is 0.593. The van der Waals surface area contributed by atoms with Crippen molar-refractivity contribution in [2.24, 2.45) is 0 Å². The summed E-state index contributed by atoms with van der Waals surface area (Å²) < 4.78 is 12.2. The lowest BCUT2D eigenvalue weighted by atomic mass is 10.2. The summed E-state index contributed by atoms with van der Waals surface area (Å²) in [4.78, 5) is 12.3. The highest BCUT2D eigenvalue weighted by Crippen LogP contribution is 2.18. The van der Waals surface area contributed by atoms with E-state index in [0.29, 0.717) is 31.1 Å².